The maximum Gasteiger partial charge on any atom is 0.0919 e. The lowest BCUT2D eigenvalue weighted by atomic mass is 9.77. The molecule has 0 saturated heterocycles. The van der Waals surface area contributed by atoms with Crippen molar-refractivity contribution in [2.24, 2.45) is 4.99 Å². The molecule has 0 amide bonds. The molecule has 0 fully saturated rings. The quantitative estimate of drug-likeness (QED) is 0.698. The third kappa shape index (κ3) is 2.45. The molecule has 1 aliphatic rings. The minimum Gasteiger partial charge on any atom is -0.352 e. The van der Waals surface area contributed by atoms with Gasteiger partial charge in [0.25, 0.3) is 0 Å². The molecule has 0 aliphatic carbocycles. The van der Waals surface area contributed by atoms with Gasteiger partial charge >= 0.3 is 0 Å². The van der Waals surface area contributed by atoms with Gasteiger partial charge in [0.2, 0.25) is 0 Å². The number of para-hydroxylation sites is 1. The molecular weight excluding hydrogens is 292 g/mol. The van der Waals surface area contributed by atoms with Crippen LogP contribution in [0.2, 0.25) is 0 Å². The van der Waals surface area contributed by atoms with Gasteiger partial charge in [-0.05, 0) is 49.3 Å². The Morgan fingerprint density at radius 1 is 1.00 bits per heavy atom. The van der Waals surface area contributed by atoms with Gasteiger partial charge in [0.15, 0.2) is 0 Å². The Morgan fingerprint density at radius 3 is 2.33 bits per heavy atom. The Kier molecular flexibility index (Phi) is 4.49. The third-order valence-electron chi connectivity index (χ3n) is 5.75. The maximum atomic E-state index is 4.84. The molecule has 3 rings (SSSR count). The van der Waals surface area contributed by atoms with E-state index in [-0.39, 0.29) is 5.54 Å². The molecule has 0 saturated carbocycles. The highest BCUT2D eigenvalue weighted by molar-refractivity contribution is 5.74. The van der Waals surface area contributed by atoms with Crippen LogP contribution in [0.5, 0.6) is 0 Å². The van der Waals surface area contributed by atoms with Crippen LogP contribution in [-0.2, 0) is 5.54 Å². The molecule has 2 aromatic rings. The SMILES string of the molecule is CCC(CC)c1cccc2c1N=CN(C)C2(C)c1ccccc1C. The number of aliphatic imine (C=N–C) groups is 1. The average Bonchev–Trinajstić information content (AvgIpc) is 2.60. The summed E-state index contributed by atoms with van der Waals surface area (Å²) in [5, 5.41) is 0. The lowest BCUT2D eigenvalue weighted by Crippen LogP contribution is -2.43. The van der Waals surface area contributed by atoms with Crippen LogP contribution < -0.4 is 0 Å². The Labute approximate surface area is 146 Å². The summed E-state index contributed by atoms with van der Waals surface area (Å²) in [6.07, 6.45) is 4.30. The molecule has 0 aromatic heterocycles. The van der Waals surface area contributed by atoms with Gasteiger partial charge in [-0.1, -0.05) is 56.3 Å². The predicted molar refractivity (Wildman–Crippen MR) is 103 cm³/mol. The van der Waals surface area contributed by atoms with E-state index in [1.165, 1.54) is 27.9 Å². The average molecular weight is 320 g/mol. The monoisotopic (exact) mass is 320 g/mol. The van der Waals surface area contributed by atoms with E-state index in [2.05, 4.69) is 82.1 Å². The fourth-order valence-corrected chi connectivity index (χ4v) is 4.06. The number of hydrogen-bond acceptors (Lipinski definition) is 2. The standard InChI is InChI=1S/C22H28N2/c1-6-17(7-2)18-12-10-14-20-21(18)23-15-24(5)22(20,4)19-13-9-8-11-16(19)3/h8-15,17H,6-7H2,1-5H3. The van der Waals surface area contributed by atoms with Crippen molar-refractivity contribution in [1.29, 1.82) is 0 Å². The molecule has 2 aromatic carbocycles. The van der Waals surface area contributed by atoms with Gasteiger partial charge in [-0.15, -0.1) is 0 Å². The minimum absolute atomic E-state index is 0.190. The van der Waals surface area contributed by atoms with Crippen LogP contribution in [0.25, 0.3) is 0 Å². The molecule has 1 atom stereocenters. The van der Waals surface area contributed by atoms with E-state index in [4.69, 9.17) is 4.99 Å². The summed E-state index contributed by atoms with van der Waals surface area (Å²) in [6, 6.07) is 15.4. The Hall–Kier alpha value is -2.09. The lowest BCUT2D eigenvalue weighted by molar-refractivity contribution is 0.290. The molecule has 2 heteroatoms. The Morgan fingerprint density at radius 2 is 1.67 bits per heavy atom. The molecule has 0 spiro atoms. The van der Waals surface area contributed by atoms with Crippen LogP contribution in [-0.4, -0.2) is 18.3 Å². The smallest absolute Gasteiger partial charge is 0.0919 e. The van der Waals surface area contributed by atoms with Crippen LogP contribution in [0.15, 0.2) is 47.5 Å². The van der Waals surface area contributed by atoms with Crippen molar-refractivity contribution in [3.05, 3.63) is 64.7 Å². The summed E-state index contributed by atoms with van der Waals surface area (Å²) in [5.41, 5.74) is 6.36. The summed E-state index contributed by atoms with van der Waals surface area (Å²) >= 11 is 0. The van der Waals surface area contributed by atoms with Crippen molar-refractivity contribution < 1.29 is 0 Å². The van der Waals surface area contributed by atoms with Gasteiger partial charge in [0, 0.05) is 12.6 Å². The molecule has 0 N–H and O–H groups in total. The van der Waals surface area contributed by atoms with Gasteiger partial charge in [-0.2, -0.15) is 0 Å². The zero-order chi connectivity index (χ0) is 17.3. The molecule has 24 heavy (non-hydrogen) atoms. The fraction of sp³-hybridized carbons (Fsp3) is 0.409. The second kappa shape index (κ2) is 6.43. The molecule has 0 radical (unpaired) electrons. The van der Waals surface area contributed by atoms with Crippen LogP contribution in [0.4, 0.5) is 5.69 Å². The highest BCUT2D eigenvalue weighted by atomic mass is 15.2. The molecule has 126 valence electrons. The van der Waals surface area contributed by atoms with E-state index in [0.29, 0.717) is 5.92 Å². The van der Waals surface area contributed by atoms with Crippen molar-refractivity contribution in [3.8, 4) is 0 Å². The summed E-state index contributed by atoms with van der Waals surface area (Å²) in [5.74, 6) is 0.571. The van der Waals surface area contributed by atoms with Crippen molar-refractivity contribution in [1.82, 2.24) is 4.90 Å². The summed E-state index contributed by atoms with van der Waals surface area (Å²) in [6.45, 7) is 9.06. The van der Waals surface area contributed by atoms with Crippen molar-refractivity contribution >= 4 is 12.0 Å². The third-order valence-corrected chi connectivity index (χ3v) is 5.75. The van der Waals surface area contributed by atoms with Crippen LogP contribution >= 0.6 is 0 Å². The van der Waals surface area contributed by atoms with Gasteiger partial charge in [-0.25, -0.2) is 4.99 Å². The van der Waals surface area contributed by atoms with Crippen LogP contribution in [0.1, 0.15) is 61.8 Å². The number of aryl methyl sites for hydroxylation is 1. The van der Waals surface area contributed by atoms with Crippen molar-refractivity contribution in [3.63, 3.8) is 0 Å². The van der Waals surface area contributed by atoms with Crippen molar-refractivity contribution in [2.45, 2.75) is 52.0 Å². The molecule has 1 heterocycles. The highest BCUT2D eigenvalue weighted by Crippen LogP contribution is 2.46. The van der Waals surface area contributed by atoms with Gasteiger partial charge in [0.05, 0.1) is 17.6 Å². The largest absolute Gasteiger partial charge is 0.352 e. The first-order chi connectivity index (χ1) is 11.5. The molecule has 2 nitrogen and oxygen atoms in total. The zero-order valence-electron chi connectivity index (χ0n) is 15.5. The molecule has 1 aliphatic heterocycles. The van der Waals surface area contributed by atoms with E-state index in [9.17, 15) is 0 Å². The van der Waals surface area contributed by atoms with E-state index in [0.717, 1.165) is 12.8 Å². The van der Waals surface area contributed by atoms with Gasteiger partial charge in [-0.3, -0.25) is 0 Å². The summed E-state index contributed by atoms with van der Waals surface area (Å²) in [4.78, 5) is 7.09. The number of benzene rings is 2. The normalized spacial score (nSPS) is 19.7. The van der Waals surface area contributed by atoms with E-state index in [1.54, 1.807) is 0 Å². The first kappa shape index (κ1) is 16.8. The second-order valence-electron chi connectivity index (χ2n) is 7.00. The molecular formula is C22H28N2. The number of nitrogens with zero attached hydrogens (tertiary/aromatic N) is 2. The Bertz CT molecular complexity index is 758. The predicted octanol–water partition coefficient (Wildman–Crippen LogP) is 5.77. The topological polar surface area (TPSA) is 15.6 Å². The first-order valence-corrected chi connectivity index (χ1v) is 9.00. The fourth-order valence-electron chi connectivity index (χ4n) is 4.06. The maximum absolute atomic E-state index is 4.84. The summed E-state index contributed by atoms with van der Waals surface area (Å²) < 4.78 is 0. The minimum atomic E-state index is -0.190. The molecule has 1 unspecified atom stereocenters. The van der Waals surface area contributed by atoms with Gasteiger partial charge < -0.3 is 4.90 Å². The second-order valence-corrected chi connectivity index (χ2v) is 7.00. The number of fused-ring (bicyclic) bond motifs is 1. The zero-order valence-corrected chi connectivity index (χ0v) is 15.5. The van der Waals surface area contributed by atoms with Crippen LogP contribution in [0, 0.1) is 6.92 Å². The van der Waals surface area contributed by atoms with Crippen LogP contribution in [0.3, 0.4) is 0 Å². The van der Waals surface area contributed by atoms with E-state index < -0.39 is 0 Å². The Balaban J connectivity index is 2.25. The number of hydrogen-bond donors (Lipinski definition) is 0. The highest BCUT2D eigenvalue weighted by Gasteiger charge is 2.38. The van der Waals surface area contributed by atoms with E-state index >= 15 is 0 Å². The first-order valence-electron chi connectivity index (χ1n) is 9.00. The van der Waals surface area contributed by atoms with Crippen molar-refractivity contribution in [2.75, 3.05) is 7.05 Å². The number of rotatable bonds is 4. The van der Waals surface area contributed by atoms with E-state index in [1.807, 2.05) is 6.34 Å². The summed E-state index contributed by atoms with van der Waals surface area (Å²) in [7, 11) is 2.13. The lowest BCUT2D eigenvalue weighted by Gasteiger charge is -2.43. The molecule has 0 bridgehead atoms. The van der Waals surface area contributed by atoms with Gasteiger partial charge in [0.1, 0.15) is 0 Å².